The second kappa shape index (κ2) is 5.78. The van der Waals surface area contributed by atoms with Gasteiger partial charge < -0.3 is 4.72 Å². The highest BCUT2D eigenvalue weighted by Crippen LogP contribution is 2.23. The lowest BCUT2D eigenvalue weighted by atomic mass is 10.0. The van der Waals surface area contributed by atoms with Crippen molar-refractivity contribution in [1.82, 2.24) is 0 Å². The predicted molar refractivity (Wildman–Crippen MR) is 76.5 cm³/mol. The molecule has 0 aromatic heterocycles. The molecule has 2 heteroatoms. The van der Waals surface area contributed by atoms with Gasteiger partial charge in [-0.25, -0.2) is 0 Å². The molecule has 0 aliphatic rings. The molecular weight excluding hydrogens is 226 g/mol. The second-order valence-electron chi connectivity index (χ2n) is 4.30. The molecule has 0 saturated carbocycles. The van der Waals surface area contributed by atoms with Crippen molar-refractivity contribution in [2.45, 2.75) is 24.7 Å². The zero-order valence-corrected chi connectivity index (χ0v) is 11.0. The summed E-state index contributed by atoms with van der Waals surface area (Å²) in [5, 5.41) is 0. The number of rotatable bonds is 4. The van der Waals surface area contributed by atoms with E-state index in [0.717, 1.165) is 5.69 Å². The molecule has 17 heavy (non-hydrogen) atoms. The molecule has 0 amide bonds. The lowest BCUT2D eigenvalue weighted by molar-refractivity contribution is 0.867. The van der Waals surface area contributed by atoms with Crippen LogP contribution in [0.1, 0.15) is 25.3 Å². The lowest BCUT2D eigenvalue weighted by Gasteiger charge is -2.09. The molecule has 0 atom stereocenters. The summed E-state index contributed by atoms with van der Waals surface area (Å²) in [4.78, 5) is 1.22. The van der Waals surface area contributed by atoms with Gasteiger partial charge in [-0.2, -0.15) is 0 Å². The van der Waals surface area contributed by atoms with Crippen molar-refractivity contribution in [2.24, 2.45) is 0 Å². The summed E-state index contributed by atoms with van der Waals surface area (Å²) < 4.78 is 3.37. The van der Waals surface area contributed by atoms with Crippen LogP contribution in [0.25, 0.3) is 0 Å². The highest BCUT2D eigenvalue weighted by Gasteiger charge is 2.00. The number of nitrogens with one attached hydrogen (secondary N) is 1. The van der Waals surface area contributed by atoms with Gasteiger partial charge >= 0.3 is 0 Å². The molecule has 2 rings (SSSR count). The van der Waals surface area contributed by atoms with E-state index in [2.05, 4.69) is 67.1 Å². The molecular formula is C15H17NS. The van der Waals surface area contributed by atoms with Gasteiger partial charge in [-0.05, 0) is 47.7 Å². The highest BCUT2D eigenvalue weighted by molar-refractivity contribution is 8.00. The molecule has 2 aromatic rings. The molecule has 0 aliphatic heterocycles. The smallest absolute Gasteiger partial charge is 0.0446 e. The standard InChI is InChI=1S/C15H17NS/c1-12(2)13-7-6-8-14(11-13)16-17-15-9-4-3-5-10-15/h3-12,16H,1-2H3. The fourth-order valence-electron chi connectivity index (χ4n) is 1.57. The molecule has 0 spiro atoms. The van der Waals surface area contributed by atoms with Crippen LogP contribution in [-0.4, -0.2) is 0 Å². The van der Waals surface area contributed by atoms with Gasteiger partial charge in [0, 0.05) is 10.6 Å². The van der Waals surface area contributed by atoms with Crippen LogP contribution in [0.4, 0.5) is 5.69 Å². The van der Waals surface area contributed by atoms with Gasteiger partial charge in [0.2, 0.25) is 0 Å². The first-order valence-corrected chi connectivity index (χ1v) is 6.65. The first-order valence-electron chi connectivity index (χ1n) is 5.83. The Bertz CT molecular complexity index is 465. The van der Waals surface area contributed by atoms with Crippen LogP contribution in [0.15, 0.2) is 59.5 Å². The summed E-state index contributed by atoms with van der Waals surface area (Å²) in [6.45, 7) is 4.42. The summed E-state index contributed by atoms with van der Waals surface area (Å²) >= 11 is 1.64. The lowest BCUT2D eigenvalue weighted by Crippen LogP contribution is -1.90. The fourth-order valence-corrected chi connectivity index (χ4v) is 2.22. The Labute approximate surface area is 107 Å². The van der Waals surface area contributed by atoms with Gasteiger partial charge in [0.25, 0.3) is 0 Å². The third-order valence-corrected chi connectivity index (χ3v) is 3.43. The van der Waals surface area contributed by atoms with Crippen molar-refractivity contribution in [3.05, 3.63) is 60.2 Å². The van der Waals surface area contributed by atoms with Gasteiger partial charge in [-0.1, -0.05) is 44.2 Å². The Kier molecular flexibility index (Phi) is 4.10. The summed E-state index contributed by atoms with van der Waals surface area (Å²) in [6, 6.07) is 18.9. The van der Waals surface area contributed by atoms with Crippen molar-refractivity contribution in [2.75, 3.05) is 4.72 Å². The minimum atomic E-state index is 0.568. The van der Waals surface area contributed by atoms with Crippen LogP contribution < -0.4 is 4.72 Å². The van der Waals surface area contributed by atoms with E-state index in [1.54, 1.807) is 11.9 Å². The predicted octanol–water partition coefficient (Wildman–Crippen LogP) is 4.93. The van der Waals surface area contributed by atoms with Crippen LogP contribution in [-0.2, 0) is 0 Å². The largest absolute Gasteiger partial charge is 0.326 e. The zero-order valence-electron chi connectivity index (χ0n) is 10.2. The van der Waals surface area contributed by atoms with Crippen molar-refractivity contribution >= 4 is 17.6 Å². The summed E-state index contributed by atoms with van der Waals surface area (Å²) in [5.74, 6) is 0.568. The van der Waals surface area contributed by atoms with Crippen molar-refractivity contribution < 1.29 is 0 Å². The molecule has 0 radical (unpaired) electrons. The third kappa shape index (κ3) is 3.53. The van der Waals surface area contributed by atoms with Gasteiger partial charge in [0.15, 0.2) is 0 Å². The fraction of sp³-hybridized carbons (Fsp3) is 0.200. The highest BCUT2D eigenvalue weighted by atomic mass is 32.2. The van der Waals surface area contributed by atoms with E-state index >= 15 is 0 Å². The van der Waals surface area contributed by atoms with E-state index in [1.165, 1.54) is 10.5 Å². The van der Waals surface area contributed by atoms with Crippen molar-refractivity contribution in [3.8, 4) is 0 Å². The maximum absolute atomic E-state index is 3.37. The van der Waals surface area contributed by atoms with Gasteiger partial charge in [-0.3, -0.25) is 0 Å². The van der Waals surface area contributed by atoms with Crippen LogP contribution in [0.3, 0.4) is 0 Å². The molecule has 0 saturated heterocycles. The Balaban J connectivity index is 2.02. The molecule has 88 valence electrons. The zero-order chi connectivity index (χ0) is 12.1. The number of benzene rings is 2. The van der Waals surface area contributed by atoms with Crippen molar-refractivity contribution in [1.29, 1.82) is 0 Å². The van der Waals surface area contributed by atoms with Crippen LogP contribution in [0.5, 0.6) is 0 Å². The summed E-state index contributed by atoms with van der Waals surface area (Å²) in [6.07, 6.45) is 0. The number of anilines is 1. The Morgan fingerprint density at radius 1 is 0.941 bits per heavy atom. The van der Waals surface area contributed by atoms with Crippen LogP contribution in [0, 0.1) is 0 Å². The Hall–Kier alpha value is -1.41. The first-order chi connectivity index (χ1) is 8.25. The van der Waals surface area contributed by atoms with Gasteiger partial charge in [-0.15, -0.1) is 0 Å². The first kappa shape index (κ1) is 12.1. The maximum Gasteiger partial charge on any atom is 0.0446 e. The Morgan fingerprint density at radius 2 is 1.71 bits per heavy atom. The molecule has 1 nitrogen and oxygen atoms in total. The number of hydrogen-bond donors (Lipinski definition) is 1. The molecule has 0 fully saturated rings. The monoisotopic (exact) mass is 243 g/mol. The summed E-state index contributed by atoms with van der Waals surface area (Å²) in [5.41, 5.74) is 2.52. The van der Waals surface area contributed by atoms with Crippen LogP contribution >= 0.6 is 11.9 Å². The average Bonchev–Trinajstić information content (AvgIpc) is 2.38. The second-order valence-corrected chi connectivity index (χ2v) is 5.18. The minimum Gasteiger partial charge on any atom is -0.326 e. The maximum atomic E-state index is 3.37. The molecule has 1 N–H and O–H groups in total. The molecule has 0 aliphatic carbocycles. The summed E-state index contributed by atoms with van der Waals surface area (Å²) in [7, 11) is 0. The van der Waals surface area contributed by atoms with E-state index < -0.39 is 0 Å². The van der Waals surface area contributed by atoms with E-state index in [4.69, 9.17) is 0 Å². The minimum absolute atomic E-state index is 0.568. The molecule has 2 aromatic carbocycles. The van der Waals surface area contributed by atoms with Gasteiger partial charge in [0.05, 0.1) is 0 Å². The van der Waals surface area contributed by atoms with E-state index in [1.807, 2.05) is 6.07 Å². The van der Waals surface area contributed by atoms with E-state index in [9.17, 15) is 0 Å². The molecule has 0 unspecified atom stereocenters. The third-order valence-electron chi connectivity index (χ3n) is 2.58. The van der Waals surface area contributed by atoms with Crippen molar-refractivity contribution in [3.63, 3.8) is 0 Å². The average molecular weight is 243 g/mol. The topological polar surface area (TPSA) is 12.0 Å². The van der Waals surface area contributed by atoms with E-state index in [0.29, 0.717) is 5.92 Å². The number of hydrogen-bond acceptors (Lipinski definition) is 2. The molecule has 0 heterocycles. The SMILES string of the molecule is CC(C)c1cccc(NSc2ccccc2)c1. The normalized spacial score (nSPS) is 10.5. The molecule has 0 bridgehead atoms. The Morgan fingerprint density at radius 3 is 2.41 bits per heavy atom. The quantitative estimate of drug-likeness (QED) is 0.764. The van der Waals surface area contributed by atoms with Crippen LogP contribution in [0.2, 0.25) is 0 Å². The van der Waals surface area contributed by atoms with E-state index in [-0.39, 0.29) is 0 Å². The van der Waals surface area contributed by atoms with Gasteiger partial charge in [0.1, 0.15) is 0 Å².